The summed E-state index contributed by atoms with van der Waals surface area (Å²) in [5.74, 6) is 0.619. The topological polar surface area (TPSA) is 74.3 Å². The maximum atomic E-state index is 12.0. The molecule has 1 amide bonds. The first-order valence-electron chi connectivity index (χ1n) is 5.23. The van der Waals surface area contributed by atoms with Gasteiger partial charge in [0.05, 0.1) is 11.4 Å². The number of aliphatic imine (C=N–C) groups is 1. The Morgan fingerprint density at radius 1 is 1.35 bits per heavy atom. The van der Waals surface area contributed by atoms with Gasteiger partial charge in [0.1, 0.15) is 6.54 Å². The van der Waals surface area contributed by atoms with Gasteiger partial charge >= 0.3 is 0 Å². The highest BCUT2D eigenvalue weighted by molar-refractivity contribution is 6.51. The first-order valence-corrected chi connectivity index (χ1v) is 5.23. The van der Waals surface area contributed by atoms with Gasteiger partial charge < -0.3 is 5.73 Å². The number of amides is 1. The van der Waals surface area contributed by atoms with Crippen molar-refractivity contribution in [1.82, 2.24) is 5.01 Å². The van der Waals surface area contributed by atoms with E-state index in [0.717, 1.165) is 5.69 Å². The predicted octanol–water partition coefficient (Wildman–Crippen LogP) is 0.281. The Morgan fingerprint density at radius 3 is 2.94 bits per heavy atom. The molecule has 0 unspecified atom stereocenters. The molecule has 3 rings (SSSR count). The van der Waals surface area contributed by atoms with Crippen LogP contribution in [0.5, 0.6) is 0 Å². The number of anilines is 1. The van der Waals surface area contributed by atoms with Crippen LogP contribution in [0.3, 0.4) is 0 Å². The zero-order chi connectivity index (χ0) is 12.0. The normalized spacial score (nSPS) is 18.3. The van der Waals surface area contributed by atoms with E-state index in [1.54, 1.807) is 12.1 Å². The molecule has 2 N–H and O–H groups in total. The van der Waals surface area contributed by atoms with E-state index in [4.69, 9.17) is 5.73 Å². The maximum absolute atomic E-state index is 12.0. The minimum atomic E-state index is -0.0530. The Hall–Kier alpha value is -2.37. The van der Waals surface area contributed by atoms with Crippen LogP contribution < -0.4 is 10.6 Å². The zero-order valence-electron chi connectivity index (χ0n) is 9.29. The minimum Gasteiger partial charge on any atom is -0.381 e. The smallest absolute Gasteiger partial charge is 0.254 e. The quantitative estimate of drug-likeness (QED) is 0.694. The number of carbonyl (C=O) groups excluding carboxylic acids is 1. The molecule has 6 nitrogen and oxygen atoms in total. The lowest BCUT2D eigenvalue weighted by Crippen LogP contribution is -2.53. The molecule has 0 radical (unpaired) electrons. The van der Waals surface area contributed by atoms with Gasteiger partial charge in [0.25, 0.3) is 5.91 Å². The van der Waals surface area contributed by atoms with Crippen LogP contribution in [0.4, 0.5) is 11.4 Å². The number of hydrogen-bond donors (Lipinski definition) is 1. The molecule has 17 heavy (non-hydrogen) atoms. The van der Waals surface area contributed by atoms with E-state index < -0.39 is 0 Å². The lowest BCUT2D eigenvalue weighted by Gasteiger charge is -2.33. The summed E-state index contributed by atoms with van der Waals surface area (Å²) in [6.45, 7) is 0.241. The van der Waals surface area contributed by atoms with Gasteiger partial charge in [-0.05, 0) is 12.1 Å². The molecule has 0 spiro atoms. The molecule has 0 saturated carbocycles. The molecule has 86 valence electrons. The lowest BCUT2D eigenvalue weighted by atomic mass is 10.2. The average molecular weight is 229 g/mol. The number of nitrogens with two attached hydrogens (primary N) is 1. The summed E-state index contributed by atoms with van der Waals surface area (Å²) < 4.78 is 0. The van der Waals surface area contributed by atoms with Crippen LogP contribution in [-0.4, -0.2) is 36.2 Å². The lowest BCUT2D eigenvalue weighted by molar-refractivity contribution is -0.119. The average Bonchev–Trinajstić information content (AvgIpc) is 2.29. The van der Waals surface area contributed by atoms with E-state index in [9.17, 15) is 4.79 Å². The monoisotopic (exact) mass is 229 g/mol. The number of likely N-dealkylation sites (N-methyl/N-ethyl adjacent to an activating group) is 1. The molecular formula is C11H11N5O. The van der Waals surface area contributed by atoms with E-state index >= 15 is 0 Å². The first kappa shape index (κ1) is 9.83. The number of para-hydroxylation sites is 2. The summed E-state index contributed by atoms with van der Waals surface area (Å²) in [6, 6.07) is 7.38. The second kappa shape index (κ2) is 3.31. The van der Waals surface area contributed by atoms with Crippen LogP contribution >= 0.6 is 0 Å². The number of hydrazone groups is 1. The van der Waals surface area contributed by atoms with Crippen LogP contribution in [0.25, 0.3) is 0 Å². The summed E-state index contributed by atoms with van der Waals surface area (Å²) >= 11 is 0. The second-order valence-electron chi connectivity index (χ2n) is 3.95. The Bertz CT molecular complexity index is 563. The van der Waals surface area contributed by atoms with Crippen LogP contribution in [0.15, 0.2) is 34.4 Å². The molecule has 1 aromatic rings. The summed E-state index contributed by atoms with van der Waals surface area (Å²) in [4.78, 5) is 17.8. The number of rotatable bonds is 0. The van der Waals surface area contributed by atoms with Crippen molar-refractivity contribution in [2.45, 2.75) is 0 Å². The molecule has 2 aliphatic rings. The van der Waals surface area contributed by atoms with Gasteiger partial charge in [0, 0.05) is 7.05 Å². The highest BCUT2D eigenvalue weighted by Crippen LogP contribution is 2.33. The maximum Gasteiger partial charge on any atom is 0.254 e. The number of carbonyl (C=O) groups is 1. The largest absolute Gasteiger partial charge is 0.381 e. The van der Waals surface area contributed by atoms with Gasteiger partial charge in [-0.2, -0.15) is 5.10 Å². The van der Waals surface area contributed by atoms with Crippen molar-refractivity contribution in [2.24, 2.45) is 15.8 Å². The van der Waals surface area contributed by atoms with Gasteiger partial charge in [-0.1, -0.05) is 12.1 Å². The SMILES string of the molecule is CN1CC(=O)N2C(=N1)C(N)=Nc1ccccc12. The highest BCUT2D eigenvalue weighted by atomic mass is 16.2. The Labute approximate surface area is 98.0 Å². The fraction of sp³-hybridized carbons (Fsp3) is 0.182. The molecule has 0 aromatic heterocycles. The third-order valence-corrected chi connectivity index (χ3v) is 2.68. The summed E-state index contributed by atoms with van der Waals surface area (Å²) in [6.07, 6.45) is 0. The predicted molar refractivity (Wildman–Crippen MR) is 65.3 cm³/mol. The third-order valence-electron chi connectivity index (χ3n) is 2.68. The van der Waals surface area contributed by atoms with Gasteiger partial charge in [-0.15, -0.1) is 0 Å². The third kappa shape index (κ3) is 1.37. The zero-order valence-corrected chi connectivity index (χ0v) is 9.29. The minimum absolute atomic E-state index is 0.0530. The van der Waals surface area contributed by atoms with Crippen LogP contribution in [0.2, 0.25) is 0 Å². The summed E-state index contributed by atoms with van der Waals surface area (Å²) in [7, 11) is 1.73. The van der Waals surface area contributed by atoms with Crippen molar-refractivity contribution in [2.75, 3.05) is 18.5 Å². The molecule has 0 aliphatic carbocycles. The highest BCUT2D eigenvalue weighted by Gasteiger charge is 2.33. The fourth-order valence-corrected chi connectivity index (χ4v) is 1.97. The Kier molecular flexibility index (Phi) is 1.91. The molecule has 0 saturated heterocycles. The van der Waals surface area contributed by atoms with Gasteiger partial charge in [0.2, 0.25) is 5.84 Å². The van der Waals surface area contributed by atoms with E-state index in [1.807, 2.05) is 24.3 Å². The van der Waals surface area contributed by atoms with Crippen molar-refractivity contribution >= 4 is 29.0 Å². The number of amidine groups is 2. The van der Waals surface area contributed by atoms with Crippen LogP contribution in [0.1, 0.15) is 0 Å². The van der Waals surface area contributed by atoms with E-state index in [-0.39, 0.29) is 18.3 Å². The van der Waals surface area contributed by atoms with Crippen LogP contribution in [0, 0.1) is 0 Å². The van der Waals surface area contributed by atoms with Gasteiger partial charge in [0.15, 0.2) is 5.84 Å². The molecule has 0 bridgehead atoms. The molecule has 0 atom stereocenters. The second-order valence-corrected chi connectivity index (χ2v) is 3.95. The standard InChI is InChI=1S/C11H11N5O/c1-15-6-9(17)16-8-5-3-2-4-7(8)13-10(12)11(16)14-15/h2-5H,6H2,1H3,(H2,12,13). The Morgan fingerprint density at radius 2 is 2.12 bits per heavy atom. The van der Waals surface area contributed by atoms with E-state index in [1.165, 1.54) is 4.90 Å². The molecule has 2 aliphatic heterocycles. The van der Waals surface area contributed by atoms with Crippen molar-refractivity contribution in [3.8, 4) is 0 Å². The Balaban J connectivity index is 2.23. The molecule has 2 heterocycles. The number of fused-ring (bicyclic) bond motifs is 3. The van der Waals surface area contributed by atoms with Crippen molar-refractivity contribution < 1.29 is 4.79 Å². The summed E-state index contributed by atoms with van der Waals surface area (Å²) in [5.41, 5.74) is 7.26. The first-order chi connectivity index (χ1) is 8.16. The molecule has 0 fully saturated rings. The van der Waals surface area contributed by atoms with E-state index in [0.29, 0.717) is 11.5 Å². The fourth-order valence-electron chi connectivity index (χ4n) is 1.97. The van der Waals surface area contributed by atoms with Crippen molar-refractivity contribution in [1.29, 1.82) is 0 Å². The van der Waals surface area contributed by atoms with Crippen molar-refractivity contribution in [3.63, 3.8) is 0 Å². The van der Waals surface area contributed by atoms with Crippen LogP contribution in [-0.2, 0) is 4.79 Å². The van der Waals surface area contributed by atoms with E-state index in [2.05, 4.69) is 10.1 Å². The summed E-state index contributed by atoms with van der Waals surface area (Å²) in [5, 5.41) is 5.79. The number of hydrogen-bond acceptors (Lipinski definition) is 5. The molecule has 1 aromatic carbocycles. The van der Waals surface area contributed by atoms with Gasteiger partial charge in [-0.3, -0.25) is 14.7 Å². The molecular weight excluding hydrogens is 218 g/mol. The number of benzene rings is 1. The molecule has 6 heteroatoms. The van der Waals surface area contributed by atoms with Crippen molar-refractivity contribution in [3.05, 3.63) is 24.3 Å². The van der Waals surface area contributed by atoms with Gasteiger partial charge in [-0.25, -0.2) is 4.99 Å². The number of nitrogens with zero attached hydrogens (tertiary/aromatic N) is 4.